The third-order valence-electron chi connectivity index (χ3n) is 6.97. The van der Waals surface area contributed by atoms with Crippen molar-refractivity contribution in [2.24, 2.45) is 0 Å². The van der Waals surface area contributed by atoms with Crippen LogP contribution in [0.1, 0.15) is 142 Å². The molecular formula is C29H55NO4. The first-order valence-electron chi connectivity index (χ1n) is 14.7. The summed E-state index contributed by atoms with van der Waals surface area (Å²) in [6.45, 7) is 7.13. The molecule has 1 aliphatic heterocycles. The molecule has 200 valence electrons. The number of hydrogen-bond donors (Lipinski definition) is 0. The van der Waals surface area contributed by atoms with Crippen LogP contribution in [0.3, 0.4) is 0 Å². The van der Waals surface area contributed by atoms with Crippen LogP contribution in [0.5, 0.6) is 0 Å². The van der Waals surface area contributed by atoms with Gasteiger partial charge in [-0.15, -0.1) is 0 Å². The van der Waals surface area contributed by atoms with Crippen LogP contribution in [0.25, 0.3) is 0 Å². The summed E-state index contributed by atoms with van der Waals surface area (Å²) in [4.78, 5) is 27.4. The summed E-state index contributed by atoms with van der Waals surface area (Å²) < 4.78 is 11.1. The lowest BCUT2D eigenvalue weighted by Crippen LogP contribution is -2.46. The van der Waals surface area contributed by atoms with E-state index < -0.39 is 6.04 Å². The predicted molar refractivity (Wildman–Crippen MR) is 141 cm³/mol. The number of likely N-dealkylation sites (tertiary alicyclic amines) is 1. The molecule has 0 aromatic rings. The second-order valence-electron chi connectivity index (χ2n) is 10.2. The minimum absolute atomic E-state index is 0.118. The maximum absolute atomic E-state index is 12.8. The molecule has 5 nitrogen and oxygen atoms in total. The number of hydrogen-bond acceptors (Lipinski definition) is 5. The third kappa shape index (κ3) is 16.5. The van der Waals surface area contributed by atoms with E-state index in [1.54, 1.807) is 0 Å². The Balaban J connectivity index is 2.24. The van der Waals surface area contributed by atoms with E-state index in [2.05, 4.69) is 18.7 Å². The first kappa shape index (κ1) is 30.9. The van der Waals surface area contributed by atoms with E-state index in [0.717, 1.165) is 51.6 Å². The number of unbranched alkanes of at least 4 members (excludes halogenated alkanes) is 14. The topological polar surface area (TPSA) is 55.8 Å². The van der Waals surface area contributed by atoms with Crippen LogP contribution >= 0.6 is 0 Å². The van der Waals surface area contributed by atoms with Gasteiger partial charge in [-0.3, -0.25) is 14.5 Å². The molecule has 0 saturated carbocycles. The molecule has 0 aromatic carbocycles. The van der Waals surface area contributed by atoms with E-state index in [1.165, 1.54) is 83.5 Å². The van der Waals surface area contributed by atoms with Crippen LogP contribution in [0, 0.1) is 0 Å². The Hall–Kier alpha value is -1.10. The van der Waals surface area contributed by atoms with E-state index >= 15 is 0 Å². The Bertz CT molecular complexity index is 491. The molecule has 0 aliphatic carbocycles. The van der Waals surface area contributed by atoms with Gasteiger partial charge >= 0.3 is 11.9 Å². The number of esters is 2. The van der Waals surface area contributed by atoms with Crippen molar-refractivity contribution in [3.8, 4) is 0 Å². The minimum atomic E-state index is -0.486. The summed E-state index contributed by atoms with van der Waals surface area (Å²) in [5.74, 6) is -0.503. The van der Waals surface area contributed by atoms with Gasteiger partial charge in [0.15, 0.2) is 0 Å². The lowest BCUT2D eigenvalue weighted by atomic mass is 10.1. The number of nitrogens with zero attached hydrogens (tertiary/aromatic N) is 1. The van der Waals surface area contributed by atoms with Gasteiger partial charge in [-0.05, 0) is 38.8 Å². The largest absolute Gasteiger partial charge is 0.466 e. The summed E-state index contributed by atoms with van der Waals surface area (Å²) in [7, 11) is 0. The zero-order valence-corrected chi connectivity index (χ0v) is 22.6. The van der Waals surface area contributed by atoms with Crippen LogP contribution in [-0.2, 0) is 19.1 Å². The average Bonchev–Trinajstić information content (AvgIpc) is 2.85. The molecule has 0 radical (unpaired) electrons. The van der Waals surface area contributed by atoms with E-state index in [4.69, 9.17) is 9.47 Å². The van der Waals surface area contributed by atoms with Crippen LogP contribution in [0.2, 0.25) is 0 Å². The van der Waals surface area contributed by atoms with Crippen molar-refractivity contribution in [1.82, 2.24) is 4.90 Å². The van der Waals surface area contributed by atoms with Gasteiger partial charge in [0, 0.05) is 0 Å². The highest BCUT2D eigenvalue weighted by Gasteiger charge is 2.31. The zero-order valence-electron chi connectivity index (χ0n) is 22.6. The monoisotopic (exact) mass is 481 g/mol. The molecule has 0 amide bonds. The lowest BCUT2D eigenvalue weighted by Gasteiger charge is -2.32. The van der Waals surface area contributed by atoms with E-state index in [0.29, 0.717) is 13.2 Å². The quantitative estimate of drug-likeness (QED) is 0.118. The van der Waals surface area contributed by atoms with Gasteiger partial charge in [0.1, 0.15) is 6.04 Å². The molecule has 0 spiro atoms. The SMILES string of the molecule is CCCCCCCCCCOC(=O)C[C@@H](C(=O)OCCCCCCCCCC)N1CCCCC1. The highest BCUT2D eigenvalue weighted by molar-refractivity contribution is 5.82. The van der Waals surface area contributed by atoms with Crippen molar-refractivity contribution >= 4 is 11.9 Å². The fourth-order valence-corrected chi connectivity index (χ4v) is 4.74. The first-order chi connectivity index (χ1) is 16.7. The molecule has 0 bridgehead atoms. The number of piperidine rings is 1. The second kappa shape index (κ2) is 22.4. The Morgan fingerprint density at radius 3 is 1.56 bits per heavy atom. The Kier molecular flexibility index (Phi) is 20.3. The summed E-state index contributed by atoms with van der Waals surface area (Å²) in [6, 6.07) is -0.486. The standard InChI is InChI=1S/C29H55NO4/c1-3-5-7-9-11-13-15-20-24-33-28(31)26-27(30-22-18-17-19-23-30)29(32)34-25-21-16-14-12-10-8-6-4-2/h27H,3-26H2,1-2H3/t27-/m0/s1. The molecule has 34 heavy (non-hydrogen) atoms. The fourth-order valence-electron chi connectivity index (χ4n) is 4.74. The normalized spacial score (nSPS) is 15.2. The minimum Gasteiger partial charge on any atom is -0.466 e. The molecule has 1 heterocycles. The third-order valence-corrected chi connectivity index (χ3v) is 6.97. The predicted octanol–water partition coefficient (Wildman–Crippen LogP) is 7.60. The van der Waals surface area contributed by atoms with E-state index in [-0.39, 0.29) is 18.4 Å². The maximum atomic E-state index is 12.8. The Morgan fingerprint density at radius 1 is 0.618 bits per heavy atom. The van der Waals surface area contributed by atoms with Crippen LogP contribution in [0.4, 0.5) is 0 Å². The molecule has 1 saturated heterocycles. The van der Waals surface area contributed by atoms with Crippen LogP contribution < -0.4 is 0 Å². The summed E-state index contributed by atoms with van der Waals surface area (Å²) in [5.41, 5.74) is 0. The van der Waals surface area contributed by atoms with Crippen molar-refractivity contribution in [3.05, 3.63) is 0 Å². The first-order valence-corrected chi connectivity index (χ1v) is 14.7. The Morgan fingerprint density at radius 2 is 1.06 bits per heavy atom. The molecule has 5 heteroatoms. The van der Waals surface area contributed by atoms with Crippen molar-refractivity contribution in [1.29, 1.82) is 0 Å². The van der Waals surface area contributed by atoms with Gasteiger partial charge in [0.2, 0.25) is 0 Å². The number of carbonyl (C=O) groups excluding carboxylic acids is 2. The zero-order chi connectivity index (χ0) is 24.7. The fraction of sp³-hybridized carbons (Fsp3) is 0.931. The maximum Gasteiger partial charge on any atom is 0.323 e. The number of ether oxygens (including phenoxy) is 2. The molecule has 1 atom stereocenters. The summed E-state index contributed by atoms with van der Waals surface area (Å²) in [5, 5.41) is 0. The van der Waals surface area contributed by atoms with E-state index in [9.17, 15) is 9.59 Å². The van der Waals surface area contributed by atoms with Crippen molar-refractivity contribution in [2.75, 3.05) is 26.3 Å². The van der Waals surface area contributed by atoms with Gasteiger partial charge in [0.25, 0.3) is 0 Å². The van der Waals surface area contributed by atoms with Crippen LogP contribution in [0.15, 0.2) is 0 Å². The molecular weight excluding hydrogens is 426 g/mol. The van der Waals surface area contributed by atoms with Gasteiger partial charge in [-0.2, -0.15) is 0 Å². The second-order valence-corrected chi connectivity index (χ2v) is 10.2. The number of rotatable bonds is 22. The van der Waals surface area contributed by atoms with Crippen molar-refractivity contribution < 1.29 is 19.1 Å². The molecule has 0 aromatic heterocycles. The highest BCUT2D eigenvalue weighted by atomic mass is 16.5. The average molecular weight is 482 g/mol. The highest BCUT2D eigenvalue weighted by Crippen LogP contribution is 2.17. The molecule has 1 fully saturated rings. The molecule has 0 N–H and O–H groups in total. The van der Waals surface area contributed by atoms with Gasteiger partial charge in [-0.25, -0.2) is 0 Å². The number of carbonyl (C=O) groups is 2. The van der Waals surface area contributed by atoms with Gasteiger partial charge in [0.05, 0.1) is 19.6 Å². The van der Waals surface area contributed by atoms with Gasteiger partial charge in [-0.1, -0.05) is 110 Å². The smallest absolute Gasteiger partial charge is 0.323 e. The molecule has 0 unspecified atom stereocenters. The van der Waals surface area contributed by atoms with E-state index in [1.807, 2.05) is 0 Å². The van der Waals surface area contributed by atoms with Gasteiger partial charge < -0.3 is 9.47 Å². The molecule has 1 aliphatic rings. The van der Waals surface area contributed by atoms with Crippen molar-refractivity contribution in [3.63, 3.8) is 0 Å². The van der Waals surface area contributed by atoms with Crippen molar-refractivity contribution in [2.45, 2.75) is 148 Å². The molecule has 1 rings (SSSR count). The lowest BCUT2D eigenvalue weighted by molar-refractivity contribution is -0.157. The Labute approximate surface area is 210 Å². The van der Waals surface area contributed by atoms with Crippen LogP contribution in [-0.4, -0.2) is 49.2 Å². The summed E-state index contributed by atoms with van der Waals surface area (Å²) in [6.07, 6.45) is 23.0. The summed E-state index contributed by atoms with van der Waals surface area (Å²) >= 11 is 0.